The summed E-state index contributed by atoms with van der Waals surface area (Å²) in [5, 5.41) is 19.9. The van der Waals surface area contributed by atoms with Crippen molar-refractivity contribution >= 4 is 5.97 Å². The number of aromatic nitrogens is 5. The Balaban J connectivity index is 2.43. The molecule has 0 fully saturated rings. The molecule has 0 aliphatic carbocycles. The molecule has 0 saturated heterocycles. The van der Waals surface area contributed by atoms with Crippen LogP contribution in [0.4, 0.5) is 0 Å². The molecule has 2 rings (SSSR count). The molecular formula is C10H11N5O2. The van der Waals surface area contributed by atoms with Crippen LogP contribution in [0.5, 0.6) is 0 Å². The van der Waals surface area contributed by atoms with Crippen molar-refractivity contribution < 1.29 is 9.90 Å². The zero-order valence-corrected chi connectivity index (χ0v) is 9.40. The Bertz CT molecular complexity index is 534. The van der Waals surface area contributed by atoms with E-state index in [0.717, 1.165) is 5.69 Å². The summed E-state index contributed by atoms with van der Waals surface area (Å²) in [6, 6.07) is 2.81. The second kappa shape index (κ2) is 4.28. The molecule has 7 heteroatoms. The number of carbonyl (C=O) groups is 1. The number of aryl methyl sites for hydroxylation is 1. The third-order valence-electron chi connectivity index (χ3n) is 2.39. The Labute approximate surface area is 97.1 Å². The first-order valence-electron chi connectivity index (χ1n) is 5.03. The van der Waals surface area contributed by atoms with E-state index >= 15 is 0 Å². The highest BCUT2D eigenvalue weighted by atomic mass is 16.4. The van der Waals surface area contributed by atoms with Gasteiger partial charge in [0, 0.05) is 17.5 Å². The van der Waals surface area contributed by atoms with Gasteiger partial charge in [0.05, 0.1) is 0 Å². The lowest BCUT2D eigenvalue weighted by atomic mass is 10.2. The van der Waals surface area contributed by atoms with Crippen molar-refractivity contribution in [2.75, 3.05) is 0 Å². The van der Waals surface area contributed by atoms with Gasteiger partial charge in [-0.2, -0.15) is 0 Å². The molecule has 0 aliphatic heterocycles. The molecule has 0 radical (unpaired) electrons. The van der Waals surface area contributed by atoms with Crippen LogP contribution >= 0.6 is 0 Å². The van der Waals surface area contributed by atoms with Gasteiger partial charge in [0.25, 0.3) is 0 Å². The van der Waals surface area contributed by atoms with Crippen LogP contribution in [0.2, 0.25) is 0 Å². The second-order valence-electron chi connectivity index (χ2n) is 3.65. The van der Waals surface area contributed by atoms with E-state index in [4.69, 9.17) is 5.11 Å². The average molecular weight is 233 g/mol. The molecule has 1 unspecified atom stereocenters. The minimum Gasteiger partial charge on any atom is -0.480 e. The molecule has 0 spiro atoms. The zero-order chi connectivity index (χ0) is 12.4. The first-order chi connectivity index (χ1) is 8.09. The lowest BCUT2D eigenvalue weighted by Gasteiger charge is -2.08. The van der Waals surface area contributed by atoms with Crippen LogP contribution in [0.1, 0.15) is 18.7 Å². The third kappa shape index (κ3) is 2.12. The summed E-state index contributed by atoms with van der Waals surface area (Å²) < 4.78 is 1.26. The molecule has 0 bridgehead atoms. The SMILES string of the molecule is Cc1ccc(-c2nnnn2C(C)C(=O)O)cn1. The maximum absolute atomic E-state index is 10.9. The van der Waals surface area contributed by atoms with Gasteiger partial charge >= 0.3 is 5.97 Å². The predicted octanol–water partition coefficient (Wildman–Crippen LogP) is 0.689. The molecule has 88 valence electrons. The number of rotatable bonds is 3. The van der Waals surface area contributed by atoms with Crippen LogP contribution in [0.15, 0.2) is 18.3 Å². The van der Waals surface area contributed by atoms with Crippen LogP contribution in [-0.4, -0.2) is 36.3 Å². The van der Waals surface area contributed by atoms with E-state index in [0.29, 0.717) is 11.4 Å². The van der Waals surface area contributed by atoms with Crippen molar-refractivity contribution in [1.82, 2.24) is 25.2 Å². The van der Waals surface area contributed by atoms with Gasteiger partial charge < -0.3 is 5.11 Å². The topological polar surface area (TPSA) is 93.8 Å². The van der Waals surface area contributed by atoms with E-state index in [1.165, 1.54) is 11.6 Å². The number of aliphatic carboxylic acids is 1. The highest BCUT2D eigenvalue weighted by Crippen LogP contribution is 2.18. The number of hydrogen-bond acceptors (Lipinski definition) is 5. The van der Waals surface area contributed by atoms with Crippen LogP contribution in [-0.2, 0) is 4.79 Å². The van der Waals surface area contributed by atoms with Crippen molar-refractivity contribution in [2.24, 2.45) is 0 Å². The van der Waals surface area contributed by atoms with E-state index in [-0.39, 0.29) is 0 Å². The zero-order valence-electron chi connectivity index (χ0n) is 9.40. The molecule has 2 aromatic heterocycles. The summed E-state index contributed by atoms with van der Waals surface area (Å²) >= 11 is 0. The molecule has 0 saturated carbocycles. The average Bonchev–Trinajstić information content (AvgIpc) is 2.77. The van der Waals surface area contributed by atoms with Gasteiger partial charge in [-0.25, -0.2) is 9.48 Å². The van der Waals surface area contributed by atoms with E-state index in [1.54, 1.807) is 12.3 Å². The fourth-order valence-electron chi connectivity index (χ4n) is 1.35. The van der Waals surface area contributed by atoms with Gasteiger partial charge in [0.2, 0.25) is 0 Å². The largest absolute Gasteiger partial charge is 0.480 e. The number of nitrogens with zero attached hydrogens (tertiary/aromatic N) is 5. The van der Waals surface area contributed by atoms with Crippen LogP contribution in [0, 0.1) is 6.92 Å². The number of pyridine rings is 1. The van der Waals surface area contributed by atoms with E-state index in [1.807, 2.05) is 13.0 Å². The highest BCUT2D eigenvalue weighted by molar-refractivity contribution is 5.72. The van der Waals surface area contributed by atoms with Gasteiger partial charge in [-0.15, -0.1) is 5.10 Å². The number of carboxylic acid groups (broad SMARTS) is 1. The minimum atomic E-state index is -0.987. The fourth-order valence-corrected chi connectivity index (χ4v) is 1.35. The summed E-state index contributed by atoms with van der Waals surface area (Å²) in [5.41, 5.74) is 1.56. The van der Waals surface area contributed by atoms with Gasteiger partial charge in [-0.3, -0.25) is 4.98 Å². The van der Waals surface area contributed by atoms with Crippen molar-refractivity contribution in [3.63, 3.8) is 0 Å². The van der Waals surface area contributed by atoms with Crippen molar-refractivity contribution in [3.05, 3.63) is 24.0 Å². The monoisotopic (exact) mass is 233 g/mol. The summed E-state index contributed by atoms with van der Waals surface area (Å²) in [4.78, 5) is 15.0. The summed E-state index contributed by atoms with van der Waals surface area (Å²) in [7, 11) is 0. The van der Waals surface area contributed by atoms with Gasteiger partial charge in [0.15, 0.2) is 11.9 Å². The normalized spacial score (nSPS) is 12.4. The Hall–Kier alpha value is -2.31. The Morgan fingerprint density at radius 2 is 2.24 bits per heavy atom. The molecule has 17 heavy (non-hydrogen) atoms. The number of carboxylic acids is 1. The highest BCUT2D eigenvalue weighted by Gasteiger charge is 2.20. The van der Waals surface area contributed by atoms with Gasteiger partial charge in [-0.05, 0) is 36.4 Å². The Morgan fingerprint density at radius 1 is 1.47 bits per heavy atom. The van der Waals surface area contributed by atoms with Gasteiger partial charge in [-0.1, -0.05) is 0 Å². The summed E-state index contributed by atoms with van der Waals surface area (Å²) in [6.45, 7) is 3.39. The number of hydrogen-bond donors (Lipinski definition) is 1. The van der Waals surface area contributed by atoms with Crippen molar-refractivity contribution in [1.29, 1.82) is 0 Å². The van der Waals surface area contributed by atoms with Crippen LogP contribution < -0.4 is 0 Å². The van der Waals surface area contributed by atoms with E-state index in [2.05, 4.69) is 20.5 Å². The maximum Gasteiger partial charge on any atom is 0.328 e. The molecule has 1 N–H and O–H groups in total. The summed E-state index contributed by atoms with van der Waals surface area (Å²) in [5.74, 6) is -0.592. The van der Waals surface area contributed by atoms with Crippen molar-refractivity contribution in [3.8, 4) is 11.4 Å². The lowest BCUT2D eigenvalue weighted by Crippen LogP contribution is -2.18. The van der Waals surface area contributed by atoms with Crippen LogP contribution in [0.3, 0.4) is 0 Å². The molecule has 2 heterocycles. The molecule has 2 aromatic rings. The van der Waals surface area contributed by atoms with E-state index in [9.17, 15) is 4.79 Å². The maximum atomic E-state index is 10.9. The predicted molar refractivity (Wildman–Crippen MR) is 58.1 cm³/mol. The molecule has 7 nitrogen and oxygen atoms in total. The smallest absolute Gasteiger partial charge is 0.328 e. The molecule has 0 aliphatic rings. The number of tetrazole rings is 1. The Kier molecular flexibility index (Phi) is 2.82. The standard InChI is InChI=1S/C10H11N5O2/c1-6-3-4-8(5-11-6)9-12-13-14-15(9)7(2)10(16)17/h3-5,7H,1-2H3,(H,16,17). The van der Waals surface area contributed by atoms with Crippen molar-refractivity contribution in [2.45, 2.75) is 19.9 Å². The minimum absolute atomic E-state index is 0.396. The quantitative estimate of drug-likeness (QED) is 0.838. The summed E-state index contributed by atoms with van der Waals surface area (Å²) in [6.07, 6.45) is 1.62. The first kappa shape index (κ1) is 11.2. The third-order valence-corrected chi connectivity index (χ3v) is 2.39. The second-order valence-corrected chi connectivity index (χ2v) is 3.65. The van der Waals surface area contributed by atoms with Gasteiger partial charge in [0.1, 0.15) is 0 Å². The lowest BCUT2D eigenvalue weighted by molar-refractivity contribution is -0.140. The molecule has 1 atom stereocenters. The van der Waals surface area contributed by atoms with Crippen LogP contribution in [0.25, 0.3) is 11.4 Å². The van der Waals surface area contributed by atoms with E-state index < -0.39 is 12.0 Å². The molecular weight excluding hydrogens is 222 g/mol. The molecule has 0 amide bonds. The molecule has 0 aromatic carbocycles. The fraction of sp³-hybridized carbons (Fsp3) is 0.300. The first-order valence-corrected chi connectivity index (χ1v) is 5.03. The Morgan fingerprint density at radius 3 is 2.82 bits per heavy atom.